The van der Waals surface area contributed by atoms with Crippen LogP contribution in [0.15, 0.2) is 47.2 Å². The van der Waals surface area contributed by atoms with Gasteiger partial charge in [0.2, 0.25) is 0 Å². The predicted octanol–water partition coefficient (Wildman–Crippen LogP) is 3.76. The average Bonchev–Trinajstić information content (AvgIpc) is 3.35. The number of anilines is 1. The molecule has 0 spiro atoms. The van der Waals surface area contributed by atoms with Gasteiger partial charge >= 0.3 is 0 Å². The molecule has 146 valence electrons. The number of rotatable bonds is 5. The summed E-state index contributed by atoms with van der Waals surface area (Å²) in [6.45, 7) is 6.53. The number of quaternary nitrogens is 1. The zero-order valence-corrected chi connectivity index (χ0v) is 17.1. The number of aryl methyl sites for hydroxylation is 1. The van der Waals surface area contributed by atoms with Gasteiger partial charge in [-0.15, -0.1) is 11.3 Å². The quantitative estimate of drug-likeness (QED) is 0.690. The summed E-state index contributed by atoms with van der Waals surface area (Å²) in [5.41, 5.74) is 3.50. The molecule has 1 atom stereocenters. The van der Waals surface area contributed by atoms with E-state index in [1.165, 1.54) is 46.4 Å². The normalized spacial score (nSPS) is 16.1. The van der Waals surface area contributed by atoms with Gasteiger partial charge in [0, 0.05) is 11.1 Å². The highest BCUT2D eigenvalue weighted by Crippen LogP contribution is 2.38. The monoisotopic (exact) mass is 396 g/mol. The van der Waals surface area contributed by atoms with Gasteiger partial charge in [-0.05, 0) is 62.9 Å². The molecule has 1 amide bonds. The maximum Gasteiger partial charge on any atom is 0.291 e. The van der Waals surface area contributed by atoms with E-state index in [1.54, 1.807) is 23.5 Å². The Hall–Kier alpha value is -2.44. The van der Waals surface area contributed by atoms with Crippen LogP contribution in [0.4, 0.5) is 5.00 Å². The summed E-state index contributed by atoms with van der Waals surface area (Å²) >= 11 is 1.64. The Labute approximate surface area is 169 Å². The van der Waals surface area contributed by atoms with E-state index < -0.39 is 0 Å². The van der Waals surface area contributed by atoms with Crippen LogP contribution in [0.1, 0.15) is 57.6 Å². The predicted molar refractivity (Wildman–Crippen MR) is 111 cm³/mol. The number of thiophene rings is 1. The van der Waals surface area contributed by atoms with Crippen molar-refractivity contribution in [1.82, 2.24) is 4.98 Å². The Kier molecular flexibility index (Phi) is 5.59. The number of nitrogens with zero attached hydrogens (tertiary/aromatic N) is 1. The maximum absolute atomic E-state index is 12.7. The lowest BCUT2D eigenvalue weighted by Crippen LogP contribution is -3.13. The summed E-state index contributed by atoms with van der Waals surface area (Å²) in [4.78, 5) is 20.1. The molecule has 2 N–H and O–H groups in total. The largest absolute Gasteiger partial charge is 0.459 e. The van der Waals surface area contributed by atoms with E-state index in [9.17, 15) is 4.79 Å². The van der Waals surface area contributed by atoms with Crippen molar-refractivity contribution < 1.29 is 14.1 Å². The molecule has 3 aromatic rings. The Morgan fingerprint density at radius 3 is 2.68 bits per heavy atom. The fraction of sp³-hybridized carbons (Fsp3) is 0.364. The van der Waals surface area contributed by atoms with Crippen LogP contribution in [-0.4, -0.2) is 24.0 Å². The summed E-state index contributed by atoms with van der Waals surface area (Å²) in [6.07, 6.45) is 7.14. The van der Waals surface area contributed by atoms with Crippen LogP contribution < -0.4 is 10.2 Å². The van der Waals surface area contributed by atoms with Crippen molar-refractivity contribution in [2.45, 2.75) is 39.2 Å². The number of pyridine rings is 1. The van der Waals surface area contributed by atoms with Gasteiger partial charge in [-0.2, -0.15) is 0 Å². The zero-order chi connectivity index (χ0) is 19.5. The summed E-state index contributed by atoms with van der Waals surface area (Å²) in [5, 5.41) is 4.02. The molecule has 0 aromatic carbocycles. The third-order valence-electron chi connectivity index (χ3n) is 5.58. The van der Waals surface area contributed by atoms with Gasteiger partial charge in [0.05, 0.1) is 24.9 Å². The van der Waals surface area contributed by atoms with E-state index >= 15 is 0 Å². The van der Waals surface area contributed by atoms with Gasteiger partial charge < -0.3 is 14.6 Å². The van der Waals surface area contributed by atoms with Crippen LogP contribution in [-0.2, 0) is 0 Å². The molecule has 0 radical (unpaired) electrons. The third-order valence-corrected chi connectivity index (χ3v) is 6.72. The molecule has 28 heavy (non-hydrogen) atoms. The Morgan fingerprint density at radius 1 is 1.18 bits per heavy atom. The molecular weight excluding hydrogens is 370 g/mol. The van der Waals surface area contributed by atoms with Gasteiger partial charge in [0.25, 0.3) is 5.91 Å². The lowest BCUT2D eigenvalue weighted by atomic mass is 9.96. The first-order valence-corrected chi connectivity index (χ1v) is 10.7. The summed E-state index contributed by atoms with van der Waals surface area (Å²) in [6, 6.07) is 9.66. The van der Waals surface area contributed by atoms with Gasteiger partial charge in [0.15, 0.2) is 11.8 Å². The summed E-state index contributed by atoms with van der Waals surface area (Å²) < 4.78 is 5.28. The average molecular weight is 397 g/mol. The second-order valence-corrected chi connectivity index (χ2v) is 8.59. The minimum absolute atomic E-state index is 0.123. The molecule has 6 heteroatoms. The number of aromatic nitrogens is 1. The molecule has 3 aromatic heterocycles. The van der Waals surface area contributed by atoms with Gasteiger partial charge in [-0.1, -0.05) is 6.07 Å². The van der Waals surface area contributed by atoms with Gasteiger partial charge in [-0.3, -0.25) is 9.78 Å². The Morgan fingerprint density at radius 2 is 2.00 bits per heavy atom. The highest BCUT2D eigenvalue weighted by atomic mass is 32.1. The smallest absolute Gasteiger partial charge is 0.291 e. The molecule has 0 unspecified atom stereocenters. The van der Waals surface area contributed by atoms with Crippen molar-refractivity contribution in [2.24, 2.45) is 0 Å². The second kappa shape index (κ2) is 8.29. The number of hydrogen-bond acceptors (Lipinski definition) is 4. The van der Waals surface area contributed by atoms with E-state index in [0.717, 1.165) is 23.8 Å². The molecule has 0 aliphatic carbocycles. The number of furan rings is 1. The molecule has 5 nitrogen and oxygen atoms in total. The van der Waals surface area contributed by atoms with Crippen LogP contribution >= 0.6 is 11.3 Å². The Balaban J connectivity index is 1.76. The highest BCUT2D eigenvalue weighted by Gasteiger charge is 2.34. The molecule has 1 saturated heterocycles. The van der Waals surface area contributed by atoms with E-state index in [-0.39, 0.29) is 11.9 Å². The minimum atomic E-state index is -0.207. The number of hydrogen-bond donors (Lipinski definition) is 2. The van der Waals surface area contributed by atoms with Gasteiger partial charge in [0.1, 0.15) is 10.7 Å². The lowest BCUT2D eigenvalue weighted by molar-refractivity contribution is -0.930. The van der Waals surface area contributed by atoms with Crippen molar-refractivity contribution in [3.8, 4) is 0 Å². The number of nitrogens with one attached hydrogen (secondary N) is 2. The highest BCUT2D eigenvalue weighted by molar-refractivity contribution is 7.16. The minimum Gasteiger partial charge on any atom is -0.459 e. The fourth-order valence-corrected chi connectivity index (χ4v) is 5.15. The zero-order valence-electron chi connectivity index (χ0n) is 16.3. The summed E-state index contributed by atoms with van der Waals surface area (Å²) in [5.74, 6) is 0.121. The third kappa shape index (κ3) is 3.75. The van der Waals surface area contributed by atoms with Crippen molar-refractivity contribution in [3.63, 3.8) is 0 Å². The number of piperidine rings is 1. The number of carbonyl (C=O) groups is 1. The van der Waals surface area contributed by atoms with Crippen LogP contribution in [0, 0.1) is 13.8 Å². The first kappa shape index (κ1) is 18.9. The Bertz CT molecular complexity index is 928. The number of amides is 1. The topological polar surface area (TPSA) is 59.6 Å². The molecule has 1 fully saturated rings. The van der Waals surface area contributed by atoms with E-state index in [0.29, 0.717) is 5.76 Å². The van der Waals surface area contributed by atoms with Gasteiger partial charge in [-0.25, -0.2) is 0 Å². The maximum atomic E-state index is 12.7. The standard InChI is InChI=1S/C22H25N3O2S/c1-15-16(2)28-22(24-21(26)18-10-8-14-27-18)19(15)20(17-9-4-5-11-23-17)25-12-6-3-7-13-25/h4-5,8-11,14,20H,3,6-7,12-13H2,1-2H3,(H,24,26)/p+1/t20-/m0/s1. The van der Waals surface area contributed by atoms with Crippen LogP contribution in [0.2, 0.25) is 0 Å². The van der Waals surface area contributed by atoms with Crippen molar-refractivity contribution in [1.29, 1.82) is 0 Å². The molecule has 0 saturated carbocycles. The van der Waals surface area contributed by atoms with Crippen LogP contribution in [0.5, 0.6) is 0 Å². The van der Waals surface area contributed by atoms with Crippen LogP contribution in [0.25, 0.3) is 0 Å². The lowest BCUT2D eigenvalue weighted by Gasteiger charge is -2.32. The van der Waals surface area contributed by atoms with Crippen molar-refractivity contribution >= 4 is 22.2 Å². The van der Waals surface area contributed by atoms with Crippen molar-refractivity contribution in [2.75, 3.05) is 18.4 Å². The van der Waals surface area contributed by atoms with E-state index in [2.05, 4.69) is 25.2 Å². The first-order valence-electron chi connectivity index (χ1n) is 9.85. The number of carbonyl (C=O) groups excluding carboxylic acids is 1. The second-order valence-electron chi connectivity index (χ2n) is 7.36. The molecule has 1 aliphatic rings. The molecule has 4 rings (SSSR count). The van der Waals surface area contributed by atoms with E-state index in [4.69, 9.17) is 9.40 Å². The summed E-state index contributed by atoms with van der Waals surface area (Å²) in [7, 11) is 0. The SMILES string of the molecule is Cc1sc(NC(=O)c2ccco2)c([C@H](c2ccccn2)[NH+]2CCCCC2)c1C. The molecule has 4 heterocycles. The van der Waals surface area contributed by atoms with Crippen molar-refractivity contribution in [3.05, 3.63) is 70.3 Å². The first-order chi connectivity index (χ1) is 13.6. The number of likely N-dealkylation sites (tertiary alicyclic amines) is 1. The fourth-order valence-electron chi connectivity index (χ4n) is 4.06. The molecule has 1 aliphatic heterocycles. The van der Waals surface area contributed by atoms with Crippen LogP contribution in [0.3, 0.4) is 0 Å². The molecular formula is C22H26N3O2S+. The molecule has 0 bridgehead atoms. The van der Waals surface area contributed by atoms with E-state index in [1.807, 2.05) is 18.3 Å².